The number of carbonyl (C=O) groups is 1. The van der Waals surface area contributed by atoms with Gasteiger partial charge in [0.25, 0.3) is 0 Å². The van der Waals surface area contributed by atoms with Crippen LogP contribution in [-0.2, 0) is 4.79 Å². The van der Waals surface area contributed by atoms with Gasteiger partial charge >= 0.3 is 0 Å². The van der Waals surface area contributed by atoms with Crippen LogP contribution in [0.3, 0.4) is 0 Å². The molecule has 106 valence electrons. The summed E-state index contributed by atoms with van der Waals surface area (Å²) in [7, 11) is 0. The highest BCUT2D eigenvalue weighted by Crippen LogP contribution is 2.17. The maximum atomic E-state index is 11.8. The lowest BCUT2D eigenvalue weighted by molar-refractivity contribution is -0.120. The number of amides is 1. The van der Waals surface area contributed by atoms with E-state index in [1.807, 2.05) is 45.1 Å². The first-order chi connectivity index (χ1) is 9.60. The Morgan fingerprint density at radius 1 is 1.45 bits per heavy atom. The summed E-state index contributed by atoms with van der Waals surface area (Å²) in [6.07, 6.45) is 5.25. The number of allylic oxidation sites excluding steroid dienone is 1. The van der Waals surface area contributed by atoms with Crippen LogP contribution in [0.2, 0.25) is 0 Å². The normalized spacial score (nSPS) is 12.9. The molecule has 4 nitrogen and oxygen atoms in total. The third kappa shape index (κ3) is 3.47. The molecule has 0 spiro atoms. The lowest BCUT2D eigenvalue weighted by atomic mass is 10.2. The standard InChI is InChI=1S/C16H21N3O/c1-4-5-6-7-15(20)17-12(3)16-18-13-9-8-11(2)10-14(13)19-16/h5-6,8-10,12H,4,7H2,1-3H3,(H,17,20)(H,18,19)/b6-5+/t12-/m0/s1. The second-order valence-electron chi connectivity index (χ2n) is 5.02. The van der Waals surface area contributed by atoms with Gasteiger partial charge in [-0.05, 0) is 38.0 Å². The van der Waals surface area contributed by atoms with E-state index in [4.69, 9.17) is 0 Å². The van der Waals surface area contributed by atoms with Gasteiger partial charge in [-0.25, -0.2) is 4.98 Å². The van der Waals surface area contributed by atoms with E-state index in [0.717, 1.165) is 23.3 Å². The molecule has 1 aromatic carbocycles. The summed E-state index contributed by atoms with van der Waals surface area (Å²) in [5, 5.41) is 2.95. The van der Waals surface area contributed by atoms with Gasteiger partial charge in [0.15, 0.2) is 0 Å². The molecule has 4 heteroatoms. The molecule has 0 fully saturated rings. The van der Waals surface area contributed by atoms with Gasteiger partial charge in [-0.2, -0.15) is 0 Å². The molecule has 0 radical (unpaired) electrons. The summed E-state index contributed by atoms with van der Waals surface area (Å²) in [6, 6.07) is 5.96. The van der Waals surface area contributed by atoms with Crippen molar-refractivity contribution in [2.75, 3.05) is 0 Å². The topological polar surface area (TPSA) is 57.8 Å². The number of nitrogens with zero attached hydrogens (tertiary/aromatic N) is 1. The molecule has 1 amide bonds. The Bertz CT molecular complexity index is 628. The molecule has 0 aliphatic carbocycles. The number of fused-ring (bicyclic) bond motifs is 1. The zero-order valence-electron chi connectivity index (χ0n) is 12.2. The van der Waals surface area contributed by atoms with E-state index in [2.05, 4.69) is 21.4 Å². The van der Waals surface area contributed by atoms with Gasteiger partial charge in [-0.3, -0.25) is 4.79 Å². The minimum Gasteiger partial charge on any atom is -0.346 e. The number of nitrogens with one attached hydrogen (secondary N) is 2. The van der Waals surface area contributed by atoms with E-state index in [9.17, 15) is 4.79 Å². The number of aromatic nitrogens is 2. The van der Waals surface area contributed by atoms with Gasteiger partial charge in [-0.15, -0.1) is 0 Å². The van der Waals surface area contributed by atoms with E-state index in [1.165, 1.54) is 5.56 Å². The SMILES string of the molecule is CC/C=C/CC(=O)N[C@@H](C)c1nc2ccc(C)cc2[nH]1. The molecular formula is C16H21N3O. The summed E-state index contributed by atoms with van der Waals surface area (Å²) < 4.78 is 0. The number of aromatic amines is 1. The van der Waals surface area contributed by atoms with Crippen molar-refractivity contribution in [2.45, 2.75) is 39.7 Å². The quantitative estimate of drug-likeness (QED) is 0.819. The largest absolute Gasteiger partial charge is 0.346 e. The third-order valence-electron chi connectivity index (χ3n) is 3.15. The maximum absolute atomic E-state index is 11.8. The number of rotatable bonds is 5. The minimum absolute atomic E-state index is 0.0128. The number of hydrogen-bond donors (Lipinski definition) is 2. The highest BCUT2D eigenvalue weighted by Gasteiger charge is 2.12. The Balaban J connectivity index is 2.05. The number of benzene rings is 1. The lowest BCUT2D eigenvalue weighted by Gasteiger charge is -2.10. The zero-order valence-corrected chi connectivity index (χ0v) is 12.2. The highest BCUT2D eigenvalue weighted by molar-refractivity contribution is 5.78. The second-order valence-corrected chi connectivity index (χ2v) is 5.02. The van der Waals surface area contributed by atoms with Gasteiger partial charge in [0, 0.05) is 6.42 Å². The zero-order chi connectivity index (χ0) is 14.5. The summed E-state index contributed by atoms with van der Waals surface area (Å²) in [5.41, 5.74) is 3.12. The maximum Gasteiger partial charge on any atom is 0.224 e. The second kappa shape index (κ2) is 6.37. The molecule has 0 aliphatic rings. The van der Waals surface area contributed by atoms with Crippen LogP contribution in [0.5, 0.6) is 0 Å². The van der Waals surface area contributed by atoms with Crippen molar-refractivity contribution in [1.82, 2.24) is 15.3 Å². The Hall–Kier alpha value is -2.10. The molecular weight excluding hydrogens is 250 g/mol. The molecule has 0 aliphatic heterocycles. The molecule has 0 bridgehead atoms. The van der Waals surface area contributed by atoms with Crippen molar-refractivity contribution in [3.05, 3.63) is 41.7 Å². The van der Waals surface area contributed by atoms with Crippen molar-refractivity contribution in [1.29, 1.82) is 0 Å². The summed E-state index contributed by atoms with van der Waals surface area (Å²) in [6.45, 7) is 6.03. The van der Waals surface area contributed by atoms with Crippen molar-refractivity contribution < 1.29 is 4.79 Å². The first-order valence-electron chi connectivity index (χ1n) is 7.00. The van der Waals surface area contributed by atoms with E-state index in [0.29, 0.717) is 6.42 Å². The molecule has 1 heterocycles. The average Bonchev–Trinajstić information content (AvgIpc) is 2.82. The van der Waals surface area contributed by atoms with Gasteiger partial charge in [0.2, 0.25) is 5.91 Å². The van der Waals surface area contributed by atoms with Crippen molar-refractivity contribution >= 4 is 16.9 Å². The van der Waals surface area contributed by atoms with Crippen LogP contribution in [0.1, 0.15) is 44.1 Å². The number of carbonyl (C=O) groups excluding carboxylic acids is 1. The van der Waals surface area contributed by atoms with Crippen LogP contribution < -0.4 is 5.32 Å². The molecule has 0 saturated carbocycles. The van der Waals surface area contributed by atoms with Gasteiger partial charge in [-0.1, -0.05) is 25.1 Å². The van der Waals surface area contributed by atoms with Crippen LogP contribution in [0.25, 0.3) is 11.0 Å². The first kappa shape index (κ1) is 14.3. The van der Waals surface area contributed by atoms with Gasteiger partial charge in [0.05, 0.1) is 17.1 Å². The smallest absolute Gasteiger partial charge is 0.224 e. The number of imidazole rings is 1. The molecule has 1 aromatic heterocycles. The van der Waals surface area contributed by atoms with Crippen LogP contribution in [0.4, 0.5) is 0 Å². The number of aryl methyl sites for hydroxylation is 1. The molecule has 20 heavy (non-hydrogen) atoms. The Morgan fingerprint density at radius 2 is 2.25 bits per heavy atom. The fraction of sp³-hybridized carbons (Fsp3) is 0.375. The molecule has 2 N–H and O–H groups in total. The van der Waals surface area contributed by atoms with Crippen molar-refractivity contribution in [2.24, 2.45) is 0 Å². The average molecular weight is 271 g/mol. The van der Waals surface area contributed by atoms with Crippen LogP contribution in [0, 0.1) is 6.92 Å². The highest BCUT2D eigenvalue weighted by atomic mass is 16.1. The summed E-state index contributed by atoms with van der Waals surface area (Å²) in [4.78, 5) is 19.5. The van der Waals surface area contributed by atoms with Crippen LogP contribution in [0.15, 0.2) is 30.4 Å². The predicted molar refractivity (Wildman–Crippen MR) is 81.4 cm³/mol. The fourth-order valence-corrected chi connectivity index (χ4v) is 2.07. The third-order valence-corrected chi connectivity index (χ3v) is 3.15. The number of H-pyrrole nitrogens is 1. The van der Waals surface area contributed by atoms with E-state index in [1.54, 1.807) is 0 Å². The van der Waals surface area contributed by atoms with Gasteiger partial charge < -0.3 is 10.3 Å². The van der Waals surface area contributed by atoms with E-state index < -0.39 is 0 Å². The van der Waals surface area contributed by atoms with Gasteiger partial charge in [0.1, 0.15) is 5.82 Å². The van der Waals surface area contributed by atoms with Crippen molar-refractivity contribution in [3.8, 4) is 0 Å². The fourth-order valence-electron chi connectivity index (χ4n) is 2.07. The van der Waals surface area contributed by atoms with E-state index >= 15 is 0 Å². The monoisotopic (exact) mass is 271 g/mol. The summed E-state index contributed by atoms with van der Waals surface area (Å²) >= 11 is 0. The van der Waals surface area contributed by atoms with Crippen LogP contribution in [-0.4, -0.2) is 15.9 Å². The molecule has 0 unspecified atom stereocenters. The Labute approximate surface area is 119 Å². The Kier molecular flexibility index (Phi) is 4.56. The number of hydrogen-bond acceptors (Lipinski definition) is 2. The molecule has 2 rings (SSSR count). The lowest BCUT2D eigenvalue weighted by Crippen LogP contribution is -2.26. The van der Waals surface area contributed by atoms with Crippen LogP contribution >= 0.6 is 0 Å². The van der Waals surface area contributed by atoms with Crippen molar-refractivity contribution in [3.63, 3.8) is 0 Å². The molecule has 0 saturated heterocycles. The molecule has 1 atom stereocenters. The molecule has 2 aromatic rings. The Morgan fingerprint density at radius 3 is 3.00 bits per heavy atom. The van der Waals surface area contributed by atoms with E-state index in [-0.39, 0.29) is 11.9 Å². The minimum atomic E-state index is -0.120. The first-order valence-corrected chi connectivity index (χ1v) is 7.00. The predicted octanol–water partition coefficient (Wildman–Crippen LogP) is 3.40. The summed E-state index contributed by atoms with van der Waals surface area (Å²) in [5.74, 6) is 0.803.